The molecule has 2 atom stereocenters. The van der Waals surface area contributed by atoms with E-state index in [1.54, 1.807) is 51.7 Å². The average molecular weight is 493 g/mol. The first kappa shape index (κ1) is 25.5. The second kappa shape index (κ2) is 11.4. The number of nitrogens with one attached hydrogen (secondary N) is 1. The predicted molar refractivity (Wildman–Crippen MR) is 137 cm³/mol. The van der Waals surface area contributed by atoms with Crippen LogP contribution in [-0.2, 0) is 13.0 Å². The number of hydrogen-bond acceptors (Lipinski definition) is 5. The Morgan fingerprint density at radius 1 is 1.03 bits per heavy atom. The summed E-state index contributed by atoms with van der Waals surface area (Å²) in [7, 11) is 4.83. The summed E-state index contributed by atoms with van der Waals surface area (Å²) in [4.78, 5) is 15.5. The number of benzene rings is 3. The Balaban J connectivity index is 1.71. The molecule has 7 heteroatoms. The Labute approximate surface area is 212 Å². The van der Waals surface area contributed by atoms with Crippen molar-refractivity contribution in [2.45, 2.75) is 38.4 Å². The number of halogens is 1. The van der Waals surface area contributed by atoms with Gasteiger partial charge in [-0.2, -0.15) is 0 Å². The maximum absolute atomic E-state index is 14.6. The van der Waals surface area contributed by atoms with Gasteiger partial charge in [0.2, 0.25) is 0 Å². The van der Waals surface area contributed by atoms with Crippen molar-refractivity contribution in [1.82, 2.24) is 10.2 Å². The van der Waals surface area contributed by atoms with Crippen molar-refractivity contribution in [2.75, 3.05) is 27.9 Å². The minimum Gasteiger partial charge on any atom is -0.497 e. The first-order chi connectivity index (χ1) is 17.5. The molecule has 0 aliphatic carbocycles. The molecule has 1 amide bonds. The van der Waals surface area contributed by atoms with Gasteiger partial charge in [-0.1, -0.05) is 25.1 Å². The highest BCUT2D eigenvalue weighted by molar-refractivity contribution is 5.94. The fraction of sp³-hybridized carbons (Fsp3) is 0.345. The van der Waals surface area contributed by atoms with Crippen molar-refractivity contribution in [1.29, 1.82) is 0 Å². The van der Waals surface area contributed by atoms with Crippen LogP contribution in [0.15, 0.2) is 60.7 Å². The summed E-state index contributed by atoms with van der Waals surface area (Å²) in [5, 5.41) is 3.24. The van der Waals surface area contributed by atoms with Crippen molar-refractivity contribution in [3.63, 3.8) is 0 Å². The van der Waals surface area contributed by atoms with Crippen LogP contribution >= 0.6 is 0 Å². The third-order valence-corrected chi connectivity index (χ3v) is 6.85. The number of fused-ring (bicyclic) bond motifs is 1. The minimum absolute atomic E-state index is 0.164. The summed E-state index contributed by atoms with van der Waals surface area (Å²) < 4.78 is 31.0. The molecule has 3 aromatic carbocycles. The van der Waals surface area contributed by atoms with Gasteiger partial charge in [-0.05, 0) is 66.4 Å². The van der Waals surface area contributed by atoms with Crippen LogP contribution in [0.2, 0.25) is 0 Å². The van der Waals surface area contributed by atoms with Gasteiger partial charge in [0.05, 0.1) is 27.4 Å². The number of ether oxygens (including phenoxy) is 3. The number of amides is 1. The molecule has 1 heterocycles. The van der Waals surface area contributed by atoms with Gasteiger partial charge in [-0.15, -0.1) is 0 Å². The zero-order chi connectivity index (χ0) is 25.7. The summed E-state index contributed by atoms with van der Waals surface area (Å²) in [6, 6.07) is 17.5. The number of hydrogen-bond donors (Lipinski definition) is 1. The van der Waals surface area contributed by atoms with E-state index in [9.17, 15) is 9.18 Å². The molecule has 190 valence electrons. The quantitative estimate of drug-likeness (QED) is 0.447. The molecule has 3 aromatic rings. The molecule has 1 N–H and O–H groups in total. The lowest BCUT2D eigenvalue weighted by Crippen LogP contribution is -2.48. The molecule has 0 radical (unpaired) electrons. The Bertz CT molecular complexity index is 1200. The van der Waals surface area contributed by atoms with E-state index in [2.05, 4.69) is 17.1 Å². The van der Waals surface area contributed by atoms with Crippen LogP contribution in [0.25, 0.3) is 0 Å². The SMILES string of the molecule is CC[C@H](NC(=O)c1ccc(OC)cc1)[C@@H]1c2cc(OC)c(OC)cc2CCN1Cc1ccccc1F. The fourth-order valence-electron chi connectivity index (χ4n) is 4.92. The van der Waals surface area contributed by atoms with Gasteiger partial charge in [-0.3, -0.25) is 9.69 Å². The molecule has 0 aromatic heterocycles. The lowest BCUT2D eigenvalue weighted by molar-refractivity contribution is 0.0857. The first-order valence-corrected chi connectivity index (χ1v) is 12.2. The van der Waals surface area contributed by atoms with E-state index < -0.39 is 0 Å². The van der Waals surface area contributed by atoms with Crippen LogP contribution in [0.1, 0.15) is 46.4 Å². The summed E-state index contributed by atoms with van der Waals surface area (Å²) in [5.74, 6) is 1.60. The Morgan fingerprint density at radius 3 is 2.36 bits per heavy atom. The molecule has 6 nitrogen and oxygen atoms in total. The molecule has 4 rings (SSSR count). The molecule has 0 unspecified atom stereocenters. The van der Waals surface area contributed by atoms with E-state index in [4.69, 9.17) is 14.2 Å². The first-order valence-electron chi connectivity index (χ1n) is 12.2. The zero-order valence-corrected chi connectivity index (χ0v) is 21.2. The van der Waals surface area contributed by atoms with Crippen LogP contribution in [0.4, 0.5) is 4.39 Å². The maximum atomic E-state index is 14.6. The topological polar surface area (TPSA) is 60.0 Å². The van der Waals surface area contributed by atoms with Crippen LogP contribution in [0, 0.1) is 5.82 Å². The number of rotatable bonds is 9. The normalized spacial score (nSPS) is 16.1. The highest BCUT2D eigenvalue weighted by Crippen LogP contribution is 2.40. The van der Waals surface area contributed by atoms with E-state index in [1.165, 1.54) is 6.07 Å². The fourth-order valence-corrected chi connectivity index (χ4v) is 4.92. The van der Waals surface area contributed by atoms with E-state index in [0.29, 0.717) is 41.3 Å². The van der Waals surface area contributed by atoms with E-state index in [1.807, 2.05) is 24.3 Å². The Morgan fingerprint density at radius 2 is 1.72 bits per heavy atom. The van der Waals surface area contributed by atoms with Crippen molar-refractivity contribution in [2.24, 2.45) is 0 Å². The lowest BCUT2D eigenvalue weighted by Gasteiger charge is -2.42. The number of nitrogens with zero attached hydrogens (tertiary/aromatic N) is 1. The summed E-state index contributed by atoms with van der Waals surface area (Å²) >= 11 is 0. The van der Waals surface area contributed by atoms with Crippen molar-refractivity contribution < 1.29 is 23.4 Å². The summed E-state index contributed by atoms with van der Waals surface area (Å²) in [6.45, 7) is 3.20. The van der Waals surface area contributed by atoms with Crippen molar-refractivity contribution in [3.05, 3.63) is 88.7 Å². The maximum Gasteiger partial charge on any atom is 0.251 e. The van der Waals surface area contributed by atoms with E-state index in [-0.39, 0.29) is 23.8 Å². The molecule has 1 aliphatic heterocycles. The molecule has 36 heavy (non-hydrogen) atoms. The predicted octanol–water partition coefficient (Wildman–Crippen LogP) is 5.16. The van der Waals surface area contributed by atoms with Crippen LogP contribution in [0.5, 0.6) is 17.2 Å². The van der Waals surface area contributed by atoms with Crippen molar-refractivity contribution >= 4 is 5.91 Å². The Kier molecular flexibility index (Phi) is 8.10. The minimum atomic E-state index is -0.232. The third-order valence-electron chi connectivity index (χ3n) is 6.85. The second-order valence-corrected chi connectivity index (χ2v) is 8.88. The number of carbonyl (C=O) groups excluding carboxylic acids is 1. The molecular formula is C29H33FN2O4. The van der Waals surface area contributed by atoms with Gasteiger partial charge in [0.25, 0.3) is 5.91 Å². The molecule has 0 saturated heterocycles. The van der Waals surface area contributed by atoms with Gasteiger partial charge in [-0.25, -0.2) is 4.39 Å². The average Bonchev–Trinajstić information content (AvgIpc) is 2.92. The van der Waals surface area contributed by atoms with Gasteiger partial charge in [0.1, 0.15) is 11.6 Å². The van der Waals surface area contributed by atoms with Crippen LogP contribution < -0.4 is 19.5 Å². The van der Waals surface area contributed by atoms with Gasteiger partial charge in [0.15, 0.2) is 11.5 Å². The van der Waals surface area contributed by atoms with Crippen LogP contribution in [-0.4, -0.2) is 44.7 Å². The standard InChI is InChI=1S/C29H33FN2O4/c1-5-25(31-29(33)19-10-12-22(34-2)13-11-19)28-23-17-27(36-4)26(35-3)16-20(23)14-15-32(28)18-21-8-6-7-9-24(21)30/h6-13,16-17,25,28H,5,14-15,18H2,1-4H3,(H,31,33)/t25-,28-/m0/s1. The summed E-state index contributed by atoms with van der Waals surface area (Å²) in [6.07, 6.45) is 1.47. The zero-order valence-electron chi connectivity index (χ0n) is 21.2. The summed E-state index contributed by atoms with van der Waals surface area (Å²) in [5.41, 5.74) is 3.37. The van der Waals surface area contributed by atoms with Crippen molar-refractivity contribution in [3.8, 4) is 17.2 Å². The number of methoxy groups -OCH3 is 3. The molecule has 1 aliphatic rings. The molecule has 0 bridgehead atoms. The Hall–Kier alpha value is -3.58. The van der Waals surface area contributed by atoms with Crippen LogP contribution in [0.3, 0.4) is 0 Å². The van der Waals surface area contributed by atoms with E-state index in [0.717, 1.165) is 24.1 Å². The largest absolute Gasteiger partial charge is 0.497 e. The third kappa shape index (κ3) is 5.31. The van der Waals surface area contributed by atoms with Gasteiger partial charge >= 0.3 is 0 Å². The van der Waals surface area contributed by atoms with E-state index >= 15 is 0 Å². The molecule has 0 saturated carbocycles. The van der Waals surface area contributed by atoms with Gasteiger partial charge < -0.3 is 19.5 Å². The van der Waals surface area contributed by atoms with Gasteiger partial charge in [0, 0.05) is 30.3 Å². The molecule has 0 spiro atoms. The monoisotopic (exact) mass is 492 g/mol. The highest BCUT2D eigenvalue weighted by Gasteiger charge is 2.35. The smallest absolute Gasteiger partial charge is 0.251 e. The molecular weight excluding hydrogens is 459 g/mol. The molecule has 0 fully saturated rings. The second-order valence-electron chi connectivity index (χ2n) is 8.88. The number of carbonyl (C=O) groups is 1. The highest BCUT2D eigenvalue weighted by atomic mass is 19.1. The lowest BCUT2D eigenvalue weighted by atomic mass is 9.86.